The fourth-order valence-corrected chi connectivity index (χ4v) is 2.39. The fraction of sp³-hybridized carbons (Fsp3) is 0.429. The number of benzene rings is 1. The Morgan fingerprint density at radius 3 is 2.76 bits per heavy atom. The van der Waals surface area contributed by atoms with E-state index in [1.54, 1.807) is 0 Å². The number of aliphatic hydroxyl groups is 2. The normalized spacial score (nSPS) is 11.7. The minimum atomic E-state index is -0.109. The summed E-state index contributed by atoms with van der Waals surface area (Å²) in [5.74, 6) is 6.52. The van der Waals surface area contributed by atoms with Gasteiger partial charge in [-0.2, -0.15) is 11.8 Å². The molecule has 0 heterocycles. The van der Waals surface area contributed by atoms with Crippen molar-refractivity contribution in [2.24, 2.45) is 0 Å². The van der Waals surface area contributed by atoms with Gasteiger partial charge in [-0.3, -0.25) is 0 Å². The Kier molecular flexibility index (Phi) is 6.80. The highest BCUT2D eigenvalue weighted by Crippen LogP contribution is 2.21. The van der Waals surface area contributed by atoms with E-state index in [9.17, 15) is 0 Å². The molecule has 1 unspecified atom stereocenters. The van der Waals surface area contributed by atoms with Crippen molar-refractivity contribution >= 4 is 11.8 Å². The van der Waals surface area contributed by atoms with Crippen LogP contribution in [0.5, 0.6) is 0 Å². The average Bonchev–Trinajstić information content (AvgIpc) is 2.35. The summed E-state index contributed by atoms with van der Waals surface area (Å²) in [6.45, 7) is 2.24. The lowest BCUT2D eigenvalue weighted by Crippen LogP contribution is -2.00. The highest BCUT2D eigenvalue weighted by atomic mass is 32.2. The quantitative estimate of drug-likeness (QED) is 0.786. The van der Waals surface area contributed by atoms with Crippen LogP contribution in [0.2, 0.25) is 0 Å². The van der Waals surface area contributed by atoms with Crippen LogP contribution in [0.25, 0.3) is 0 Å². The Morgan fingerprint density at radius 2 is 2.06 bits per heavy atom. The van der Waals surface area contributed by atoms with E-state index in [0.717, 1.165) is 17.7 Å². The molecule has 2 N–H and O–H groups in total. The molecule has 0 aromatic heterocycles. The average molecular weight is 250 g/mol. The van der Waals surface area contributed by atoms with Crippen LogP contribution in [0.3, 0.4) is 0 Å². The van der Waals surface area contributed by atoms with Gasteiger partial charge in [0.15, 0.2) is 0 Å². The maximum atomic E-state index is 8.84. The smallest absolute Gasteiger partial charge is 0.104 e. The van der Waals surface area contributed by atoms with Gasteiger partial charge in [0.05, 0.1) is 0 Å². The summed E-state index contributed by atoms with van der Waals surface area (Å²) in [5, 5.41) is 18.0. The first-order chi connectivity index (χ1) is 8.27. The number of rotatable bonds is 5. The largest absolute Gasteiger partial charge is 0.396 e. The molecule has 0 spiro atoms. The highest BCUT2D eigenvalue weighted by molar-refractivity contribution is 7.99. The van der Waals surface area contributed by atoms with Crippen LogP contribution in [0.1, 0.15) is 24.5 Å². The molecule has 17 heavy (non-hydrogen) atoms. The van der Waals surface area contributed by atoms with E-state index in [4.69, 9.17) is 10.2 Å². The molecule has 0 amide bonds. The van der Waals surface area contributed by atoms with Gasteiger partial charge >= 0.3 is 0 Å². The zero-order valence-corrected chi connectivity index (χ0v) is 10.8. The van der Waals surface area contributed by atoms with Crippen molar-refractivity contribution in [1.82, 2.24) is 0 Å². The molecule has 0 bridgehead atoms. The topological polar surface area (TPSA) is 40.5 Å². The van der Waals surface area contributed by atoms with Gasteiger partial charge in [0, 0.05) is 23.2 Å². The standard InChI is InChI=1S/C14H18O2S/c1-12(8-10-16)17-11-14-6-3-2-5-13(14)7-4-9-15/h2-3,5-6,12,15-16H,8-11H2,1H3. The predicted octanol–water partition coefficient (Wildman–Crippen LogP) is 2.03. The van der Waals surface area contributed by atoms with Gasteiger partial charge in [0.25, 0.3) is 0 Å². The van der Waals surface area contributed by atoms with Crippen molar-refractivity contribution in [3.05, 3.63) is 35.4 Å². The number of hydrogen-bond acceptors (Lipinski definition) is 3. The molecule has 0 radical (unpaired) electrons. The second-order valence-corrected chi connectivity index (χ2v) is 5.18. The first-order valence-corrected chi connectivity index (χ1v) is 6.73. The Morgan fingerprint density at radius 1 is 1.29 bits per heavy atom. The van der Waals surface area contributed by atoms with Gasteiger partial charge in [0.2, 0.25) is 0 Å². The van der Waals surface area contributed by atoms with Crippen LogP contribution >= 0.6 is 11.8 Å². The molecule has 1 aromatic rings. The van der Waals surface area contributed by atoms with E-state index in [-0.39, 0.29) is 13.2 Å². The molecule has 0 aliphatic carbocycles. The van der Waals surface area contributed by atoms with E-state index >= 15 is 0 Å². The van der Waals surface area contributed by atoms with Gasteiger partial charge in [-0.1, -0.05) is 37.0 Å². The molecule has 1 atom stereocenters. The molecule has 2 nitrogen and oxygen atoms in total. The predicted molar refractivity (Wildman–Crippen MR) is 72.9 cm³/mol. The Hall–Kier alpha value is -0.950. The van der Waals surface area contributed by atoms with Gasteiger partial charge in [-0.15, -0.1) is 0 Å². The van der Waals surface area contributed by atoms with Crippen molar-refractivity contribution in [3.63, 3.8) is 0 Å². The molecule has 0 saturated carbocycles. The minimum Gasteiger partial charge on any atom is -0.396 e. The maximum absolute atomic E-state index is 8.84. The summed E-state index contributed by atoms with van der Waals surface area (Å²) in [4.78, 5) is 0. The third-order valence-corrected chi connectivity index (χ3v) is 3.66. The van der Waals surface area contributed by atoms with Crippen molar-refractivity contribution < 1.29 is 10.2 Å². The molecule has 0 aliphatic rings. The van der Waals surface area contributed by atoms with Gasteiger partial charge in [-0.05, 0) is 18.1 Å². The van der Waals surface area contributed by atoms with Crippen molar-refractivity contribution in [3.8, 4) is 11.8 Å². The van der Waals surface area contributed by atoms with Crippen LogP contribution in [-0.4, -0.2) is 28.7 Å². The molecule has 3 heteroatoms. The van der Waals surface area contributed by atoms with Crippen molar-refractivity contribution in [2.45, 2.75) is 24.3 Å². The Bertz CT molecular complexity index is 393. The van der Waals surface area contributed by atoms with Crippen molar-refractivity contribution in [2.75, 3.05) is 13.2 Å². The zero-order chi connectivity index (χ0) is 12.5. The van der Waals surface area contributed by atoms with Gasteiger partial charge < -0.3 is 10.2 Å². The van der Waals surface area contributed by atoms with Crippen LogP contribution in [0.15, 0.2) is 24.3 Å². The highest BCUT2D eigenvalue weighted by Gasteiger charge is 2.04. The van der Waals surface area contributed by atoms with Crippen LogP contribution in [0.4, 0.5) is 0 Å². The number of hydrogen-bond donors (Lipinski definition) is 2. The molecular formula is C14H18O2S. The SMILES string of the molecule is CC(CCO)SCc1ccccc1C#CCO. The van der Waals surface area contributed by atoms with E-state index in [0.29, 0.717) is 5.25 Å². The lowest BCUT2D eigenvalue weighted by Gasteiger charge is -2.10. The summed E-state index contributed by atoms with van der Waals surface area (Å²) < 4.78 is 0. The van der Waals surface area contributed by atoms with Crippen LogP contribution < -0.4 is 0 Å². The van der Waals surface area contributed by atoms with E-state index < -0.39 is 0 Å². The zero-order valence-electron chi connectivity index (χ0n) is 10.0. The molecule has 0 aliphatic heterocycles. The lowest BCUT2D eigenvalue weighted by atomic mass is 10.1. The minimum absolute atomic E-state index is 0.109. The maximum Gasteiger partial charge on any atom is 0.104 e. The first-order valence-electron chi connectivity index (χ1n) is 5.68. The number of thioether (sulfide) groups is 1. The summed E-state index contributed by atoms with van der Waals surface area (Å²) in [6.07, 6.45) is 0.815. The third-order valence-electron chi connectivity index (χ3n) is 2.38. The second-order valence-electron chi connectivity index (χ2n) is 3.75. The van der Waals surface area contributed by atoms with Crippen LogP contribution in [0, 0.1) is 11.8 Å². The third kappa shape index (κ3) is 5.27. The first kappa shape index (κ1) is 14.1. The molecule has 0 fully saturated rings. The van der Waals surface area contributed by atoms with Crippen LogP contribution in [-0.2, 0) is 5.75 Å². The fourth-order valence-electron chi connectivity index (χ4n) is 1.40. The Labute approximate surface area is 107 Å². The van der Waals surface area contributed by atoms with Gasteiger partial charge in [0.1, 0.15) is 6.61 Å². The summed E-state index contributed by atoms with van der Waals surface area (Å²) in [7, 11) is 0. The monoisotopic (exact) mass is 250 g/mol. The van der Waals surface area contributed by atoms with E-state index in [2.05, 4.69) is 24.8 Å². The van der Waals surface area contributed by atoms with Crippen molar-refractivity contribution in [1.29, 1.82) is 0 Å². The molecule has 1 aromatic carbocycles. The summed E-state index contributed by atoms with van der Waals surface area (Å²) in [5.41, 5.74) is 2.16. The molecule has 92 valence electrons. The number of aliphatic hydroxyl groups excluding tert-OH is 2. The van der Waals surface area contributed by atoms with E-state index in [1.165, 1.54) is 5.56 Å². The molecular weight excluding hydrogens is 232 g/mol. The Balaban J connectivity index is 2.63. The molecule has 1 rings (SSSR count). The summed E-state index contributed by atoms with van der Waals surface area (Å²) >= 11 is 1.81. The molecule has 0 saturated heterocycles. The summed E-state index contributed by atoms with van der Waals surface area (Å²) in [6, 6.07) is 7.97. The van der Waals surface area contributed by atoms with Gasteiger partial charge in [-0.25, -0.2) is 0 Å². The second kappa shape index (κ2) is 8.19. The lowest BCUT2D eigenvalue weighted by molar-refractivity contribution is 0.289. The van der Waals surface area contributed by atoms with E-state index in [1.807, 2.05) is 30.0 Å².